The normalized spacial score (nSPS) is 15.5. The molecule has 0 bridgehead atoms. The Kier molecular flexibility index (Phi) is 3.19. The van der Waals surface area contributed by atoms with Crippen molar-refractivity contribution in [3.63, 3.8) is 0 Å². The van der Waals surface area contributed by atoms with E-state index in [2.05, 4.69) is 15.9 Å². The Morgan fingerprint density at radius 3 is 2.67 bits per heavy atom. The minimum atomic E-state index is 0.167. The van der Waals surface area contributed by atoms with Crippen LogP contribution in [0.3, 0.4) is 0 Å². The summed E-state index contributed by atoms with van der Waals surface area (Å²) in [6.07, 6.45) is 2.87. The number of ether oxygens (including phenoxy) is 2. The number of hydrogen-bond acceptors (Lipinski definition) is 2. The van der Waals surface area contributed by atoms with E-state index in [0.717, 1.165) is 28.8 Å². The third kappa shape index (κ3) is 2.88. The summed E-state index contributed by atoms with van der Waals surface area (Å²) in [7, 11) is 0. The van der Waals surface area contributed by atoms with Gasteiger partial charge in [0.15, 0.2) is 11.5 Å². The van der Waals surface area contributed by atoms with Crippen molar-refractivity contribution in [1.29, 1.82) is 0 Å². The summed E-state index contributed by atoms with van der Waals surface area (Å²) in [5.74, 6) is 1.67. The maximum Gasteiger partial charge on any atom is 0.175 e. The molecular formula is C12H15BrO2. The topological polar surface area (TPSA) is 18.5 Å². The fourth-order valence-electron chi connectivity index (χ4n) is 1.30. The summed E-state index contributed by atoms with van der Waals surface area (Å²) in [6.45, 7) is 4.03. The molecule has 1 aliphatic carbocycles. The van der Waals surface area contributed by atoms with E-state index in [1.54, 1.807) is 0 Å². The summed E-state index contributed by atoms with van der Waals surface area (Å²) in [5.41, 5.74) is 0. The molecule has 0 aromatic heterocycles. The summed E-state index contributed by atoms with van der Waals surface area (Å²) >= 11 is 3.49. The standard InChI is InChI=1S/C12H15BrO2/c1-8(2)14-11-5-3-4-10(13)12(11)15-9-6-7-9/h3-5,8-9H,6-7H2,1-2H3. The van der Waals surface area contributed by atoms with E-state index < -0.39 is 0 Å². The Morgan fingerprint density at radius 1 is 1.33 bits per heavy atom. The molecule has 1 fully saturated rings. The third-order valence-corrected chi connectivity index (χ3v) is 2.73. The molecule has 2 rings (SSSR count). The van der Waals surface area contributed by atoms with Crippen molar-refractivity contribution in [3.8, 4) is 11.5 Å². The molecule has 1 aromatic carbocycles. The fraction of sp³-hybridized carbons (Fsp3) is 0.500. The van der Waals surface area contributed by atoms with Crippen LogP contribution in [0.1, 0.15) is 26.7 Å². The fourth-order valence-corrected chi connectivity index (χ4v) is 1.74. The molecule has 0 aliphatic heterocycles. The van der Waals surface area contributed by atoms with Crippen LogP contribution in [-0.2, 0) is 0 Å². The molecule has 1 saturated carbocycles. The van der Waals surface area contributed by atoms with Gasteiger partial charge in [0.2, 0.25) is 0 Å². The van der Waals surface area contributed by atoms with Gasteiger partial charge in [-0.3, -0.25) is 0 Å². The highest BCUT2D eigenvalue weighted by atomic mass is 79.9. The van der Waals surface area contributed by atoms with E-state index in [1.165, 1.54) is 0 Å². The SMILES string of the molecule is CC(C)Oc1cccc(Br)c1OC1CC1. The Bertz CT molecular complexity index is 345. The van der Waals surface area contributed by atoms with Crippen LogP contribution < -0.4 is 9.47 Å². The number of halogens is 1. The second-order valence-corrected chi connectivity index (χ2v) is 4.91. The van der Waals surface area contributed by atoms with Gasteiger partial charge >= 0.3 is 0 Å². The molecule has 1 aromatic rings. The van der Waals surface area contributed by atoms with Crippen LogP contribution in [0.4, 0.5) is 0 Å². The lowest BCUT2D eigenvalue weighted by molar-refractivity contribution is 0.217. The van der Waals surface area contributed by atoms with Crippen LogP contribution in [0.15, 0.2) is 22.7 Å². The predicted octanol–water partition coefficient (Wildman–Crippen LogP) is 3.78. The Morgan fingerprint density at radius 2 is 2.07 bits per heavy atom. The van der Waals surface area contributed by atoms with Crippen molar-refractivity contribution in [2.75, 3.05) is 0 Å². The smallest absolute Gasteiger partial charge is 0.175 e. The van der Waals surface area contributed by atoms with Gasteiger partial charge in [0.05, 0.1) is 16.7 Å². The van der Waals surface area contributed by atoms with Crippen molar-refractivity contribution < 1.29 is 9.47 Å². The third-order valence-electron chi connectivity index (χ3n) is 2.10. The average Bonchev–Trinajstić information content (AvgIpc) is 2.94. The molecule has 0 radical (unpaired) electrons. The minimum Gasteiger partial charge on any atom is -0.487 e. The molecule has 0 saturated heterocycles. The first-order valence-corrected chi connectivity index (χ1v) is 6.08. The van der Waals surface area contributed by atoms with Gasteiger partial charge in [-0.1, -0.05) is 6.07 Å². The molecule has 0 atom stereocenters. The highest BCUT2D eigenvalue weighted by molar-refractivity contribution is 9.10. The largest absolute Gasteiger partial charge is 0.487 e. The zero-order valence-corrected chi connectivity index (χ0v) is 10.6. The maximum absolute atomic E-state index is 5.82. The number of hydrogen-bond donors (Lipinski definition) is 0. The van der Waals surface area contributed by atoms with Gasteiger partial charge in [-0.15, -0.1) is 0 Å². The van der Waals surface area contributed by atoms with Gasteiger partial charge in [-0.05, 0) is 54.8 Å². The van der Waals surface area contributed by atoms with E-state index in [4.69, 9.17) is 9.47 Å². The molecule has 0 N–H and O–H groups in total. The number of rotatable bonds is 4. The first kappa shape index (κ1) is 10.8. The highest BCUT2D eigenvalue weighted by Crippen LogP contribution is 2.39. The second kappa shape index (κ2) is 4.44. The first-order valence-electron chi connectivity index (χ1n) is 5.28. The van der Waals surface area contributed by atoms with Crippen LogP contribution >= 0.6 is 15.9 Å². The summed E-state index contributed by atoms with van der Waals surface area (Å²) in [5, 5.41) is 0. The average molecular weight is 271 g/mol. The van der Waals surface area contributed by atoms with Crippen molar-refractivity contribution in [1.82, 2.24) is 0 Å². The molecule has 0 heterocycles. The molecule has 0 amide bonds. The van der Waals surface area contributed by atoms with Gasteiger partial charge in [0, 0.05) is 0 Å². The van der Waals surface area contributed by atoms with E-state index in [1.807, 2.05) is 32.0 Å². The van der Waals surface area contributed by atoms with Crippen molar-refractivity contribution in [2.45, 2.75) is 38.9 Å². The Balaban J connectivity index is 2.21. The lowest BCUT2D eigenvalue weighted by Crippen LogP contribution is -2.08. The lowest BCUT2D eigenvalue weighted by Gasteiger charge is -2.15. The van der Waals surface area contributed by atoms with Gasteiger partial charge in [-0.2, -0.15) is 0 Å². The van der Waals surface area contributed by atoms with Crippen LogP contribution in [0.2, 0.25) is 0 Å². The molecule has 82 valence electrons. The molecule has 2 nitrogen and oxygen atoms in total. The molecule has 1 aliphatic rings. The van der Waals surface area contributed by atoms with Crippen molar-refractivity contribution >= 4 is 15.9 Å². The first-order chi connectivity index (χ1) is 7.16. The van der Waals surface area contributed by atoms with E-state index in [9.17, 15) is 0 Å². The molecule has 0 spiro atoms. The number of para-hydroxylation sites is 1. The second-order valence-electron chi connectivity index (χ2n) is 4.05. The Hall–Kier alpha value is -0.700. The van der Waals surface area contributed by atoms with Gasteiger partial charge in [0.25, 0.3) is 0 Å². The van der Waals surface area contributed by atoms with Crippen molar-refractivity contribution in [3.05, 3.63) is 22.7 Å². The highest BCUT2D eigenvalue weighted by Gasteiger charge is 2.26. The summed E-state index contributed by atoms with van der Waals surface area (Å²) in [4.78, 5) is 0. The zero-order valence-electron chi connectivity index (χ0n) is 9.00. The van der Waals surface area contributed by atoms with Gasteiger partial charge in [-0.25, -0.2) is 0 Å². The number of benzene rings is 1. The lowest BCUT2D eigenvalue weighted by atomic mass is 10.3. The maximum atomic E-state index is 5.82. The minimum absolute atomic E-state index is 0.167. The van der Waals surface area contributed by atoms with Crippen LogP contribution in [0, 0.1) is 0 Å². The van der Waals surface area contributed by atoms with E-state index >= 15 is 0 Å². The quantitative estimate of drug-likeness (QED) is 0.829. The molecule has 3 heteroatoms. The van der Waals surface area contributed by atoms with E-state index in [-0.39, 0.29) is 6.10 Å². The predicted molar refractivity (Wildman–Crippen MR) is 63.6 cm³/mol. The molecule has 0 unspecified atom stereocenters. The Labute approximate surface area is 98.7 Å². The molecular weight excluding hydrogens is 256 g/mol. The van der Waals surface area contributed by atoms with E-state index in [0.29, 0.717) is 6.10 Å². The molecule has 15 heavy (non-hydrogen) atoms. The van der Waals surface area contributed by atoms with Crippen LogP contribution in [-0.4, -0.2) is 12.2 Å². The van der Waals surface area contributed by atoms with Crippen LogP contribution in [0.5, 0.6) is 11.5 Å². The summed E-state index contributed by atoms with van der Waals surface area (Å²) in [6, 6.07) is 5.88. The van der Waals surface area contributed by atoms with Crippen molar-refractivity contribution in [2.24, 2.45) is 0 Å². The van der Waals surface area contributed by atoms with Crippen LogP contribution in [0.25, 0.3) is 0 Å². The monoisotopic (exact) mass is 270 g/mol. The van der Waals surface area contributed by atoms with Gasteiger partial charge in [0.1, 0.15) is 0 Å². The van der Waals surface area contributed by atoms with Gasteiger partial charge < -0.3 is 9.47 Å². The zero-order chi connectivity index (χ0) is 10.8. The summed E-state index contributed by atoms with van der Waals surface area (Å²) < 4.78 is 12.5.